The molecule has 2 saturated heterocycles. The van der Waals surface area contributed by atoms with Gasteiger partial charge in [-0.15, -0.1) is 0 Å². The molecule has 0 bridgehead atoms. The van der Waals surface area contributed by atoms with E-state index in [1.807, 2.05) is 34.4 Å². The van der Waals surface area contributed by atoms with Gasteiger partial charge < -0.3 is 25.8 Å². The minimum atomic E-state index is -0.731. The number of phenolic OH excluding ortho intramolecular Hbond substituents is 1. The number of rotatable bonds is 10. The van der Waals surface area contributed by atoms with E-state index >= 15 is 0 Å². The van der Waals surface area contributed by atoms with E-state index in [0.29, 0.717) is 20.8 Å². The third kappa shape index (κ3) is 6.87. The second kappa shape index (κ2) is 12.7. The number of urea groups is 1. The highest BCUT2D eigenvalue weighted by atomic mass is 127. The summed E-state index contributed by atoms with van der Waals surface area (Å²) in [7, 11) is 1.43. The Morgan fingerprint density at radius 2 is 2.11 bits per heavy atom. The van der Waals surface area contributed by atoms with Gasteiger partial charge in [0.05, 0.1) is 34.7 Å². The van der Waals surface area contributed by atoms with Crippen LogP contribution in [0.3, 0.4) is 0 Å². The van der Waals surface area contributed by atoms with Crippen molar-refractivity contribution in [2.24, 2.45) is 5.10 Å². The normalized spacial score (nSPS) is 20.1. The second-order valence-corrected chi connectivity index (χ2v) is 11.3. The number of carbonyl (C=O) groups excluding carboxylic acids is 3. The number of halogens is 2. The molecule has 4 rings (SSSR count). The van der Waals surface area contributed by atoms with Crippen molar-refractivity contribution in [3.8, 4) is 11.5 Å². The molecule has 2 fully saturated rings. The van der Waals surface area contributed by atoms with Crippen molar-refractivity contribution in [2.45, 2.75) is 43.0 Å². The Bertz CT molecular complexity index is 1260. The van der Waals surface area contributed by atoms with Gasteiger partial charge in [-0.05, 0) is 71.3 Å². The van der Waals surface area contributed by atoms with Gasteiger partial charge in [-0.25, -0.2) is 14.6 Å². The number of hydrazone groups is 1. The van der Waals surface area contributed by atoms with E-state index in [0.717, 1.165) is 24.7 Å². The number of unbranched alkanes of at least 4 members (excludes halogenated alkanes) is 1. The molecule has 2 aromatic carbocycles. The molecular weight excluding hydrogens is 628 g/mol. The molecule has 10 nitrogen and oxygen atoms in total. The molecule has 2 aliphatic heterocycles. The maximum atomic E-state index is 14.6. The first-order valence-corrected chi connectivity index (χ1v) is 14.1. The third-order valence-electron chi connectivity index (χ3n) is 6.24. The fraction of sp³-hybridized carbons (Fsp3) is 0.360. The molecule has 0 saturated carbocycles. The number of methoxy groups -OCH3 is 1. The molecule has 0 unspecified atom stereocenters. The smallest absolute Gasteiger partial charge is 0.315 e. The number of fused-ring (bicyclic) bond motifs is 1. The van der Waals surface area contributed by atoms with Crippen LogP contribution in [0.4, 0.5) is 14.9 Å². The standard InChI is InChI=1S/C25H27FIN5O5S/c1-37-19-9-13(8-16(27)23(19)34)11-28-32-24(35)14-6-7-17(15(26)10-14)29-21(33)5-3-2-4-20-22-18(12-38-20)30-25(36)31-22/h6-11,18,20,22,34H,2-5,12H2,1H3,(H,29,33)(H,32,35)(H2,30,31,36)/b28-11+/t18-,20+,22+/m0/s1. The van der Waals surface area contributed by atoms with Crippen LogP contribution in [0.15, 0.2) is 35.4 Å². The largest absolute Gasteiger partial charge is 0.504 e. The van der Waals surface area contributed by atoms with Crippen LogP contribution in [-0.2, 0) is 4.79 Å². The molecule has 2 aliphatic rings. The van der Waals surface area contributed by atoms with Gasteiger partial charge in [-0.3, -0.25) is 9.59 Å². The molecule has 2 aromatic rings. The average molecular weight is 655 g/mol. The zero-order valence-corrected chi connectivity index (χ0v) is 23.4. The summed E-state index contributed by atoms with van der Waals surface area (Å²) in [5, 5.41) is 22.5. The molecule has 202 valence electrons. The van der Waals surface area contributed by atoms with Gasteiger partial charge in [0.25, 0.3) is 5.91 Å². The van der Waals surface area contributed by atoms with E-state index in [2.05, 4.69) is 26.5 Å². The first kappa shape index (κ1) is 28.0. The SMILES string of the molecule is COc1cc(/C=N/NC(=O)c2ccc(NC(=O)CCCC[C@H]3SC[C@@H]4NC(=O)N[C@H]43)c(F)c2)cc(I)c1O. The molecule has 4 amide bonds. The van der Waals surface area contributed by atoms with Crippen molar-refractivity contribution in [1.29, 1.82) is 0 Å². The van der Waals surface area contributed by atoms with E-state index in [9.17, 15) is 23.9 Å². The lowest BCUT2D eigenvalue weighted by Crippen LogP contribution is -2.36. The number of thioether (sulfide) groups is 1. The van der Waals surface area contributed by atoms with Crippen LogP contribution in [0, 0.1) is 9.39 Å². The summed E-state index contributed by atoms with van der Waals surface area (Å²) in [6, 6.07) is 7.17. The van der Waals surface area contributed by atoms with Gasteiger partial charge in [0.2, 0.25) is 5.91 Å². The minimum absolute atomic E-state index is 0.00486. The van der Waals surface area contributed by atoms with Crippen LogP contribution in [0.1, 0.15) is 41.6 Å². The number of aromatic hydroxyl groups is 1. The number of nitrogens with one attached hydrogen (secondary N) is 4. The highest BCUT2D eigenvalue weighted by Gasteiger charge is 2.42. The van der Waals surface area contributed by atoms with Crippen molar-refractivity contribution in [1.82, 2.24) is 16.1 Å². The van der Waals surface area contributed by atoms with Crippen molar-refractivity contribution in [3.63, 3.8) is 0 Å². The number of nitrogens with zero attached hydrogens (tertiary/aromatic N) is 1. The molecule has 0 aromatic heterocycles. The molecule has 13 heteroatoms. The van der Waals surface area contributed by atoms with E-state index < -0.39 is 11.7 Å². The lowest BCUT2D eigenvalue weighted by atomic mass is 10.0. The molecule has 0 aliphatic carbocycles. The lowest BCUT2D eigenvalue weighted by molar-refractivity contribution is -0.116. The zero-order chi connectivity index (χ0) is 27.2. The number of benzene rings is 2. The molecule has 5 N–H and O–H groups in total. The van der Waals surface area contributed by atoms with Crippen LogP contribution < -0.4 is 26.1 Å². The average Bonchev–Trinajstić information content (AvgIpc) is 3.44. The predicted molar refractivity (Wildman–Crippen MR) is 151 cm³/mol. The highest BCUT2D eigenvalue weighted by Crippen LogP contribution is 2.33. The summed E-state index contributed by atoms with van der Waals surface area (Å²) in [5.74, 6) is -0.494. The van der Waals surface area contributed by atoms with Gasteiger partial charge in [0, 0.05) is 23.0 Å². The number of hydrogen-bond donors (Lipinski definition) is 5. The topological polar surface area (TPSA) is 141 Å². The third-order valence-corrected chi connectivity index (χ3v) is 8.57. The fourth-order valence-corrected chi connectivity index (χ4v) is 6.47. The van der Waals surface area contributed by atoms with Gasteiger partial charge in [0.1, 0.15) is 5.82 Å². The maximum absolute atomic E-state index is 14.6. The number of anilines is 1. The Morgan fingerprint density at radius 3 is 2.87 bits per heavy atom. The van der Waals surface area contributed by atoms with Crippen molar-refractivity contribution in [3.05, 3.63) is 50.8 Å². The second-order valence-electron chi connectivity index (χ2n) is 8.86. The van der Waals surface area contributed by atoms with Crippen molar-refractivity contribution >= 4 is 64.1 Å². The summed E-state index contributed by atoms with van der Waals surface area (Å²) in [4.78, 5) is 36.1. The summed E-state index contributed by atoms with van der Waals surface area (Å²) in [6.45, 7) is 0. The number of carbonyl (C=O) groups is 3. The first-order chi connectivity index (χ1) is 18.2. The van der Waals surface area contributed by atoms with Gasteiger partial charge in [0.15, 0.2) is 11.5 Å². The lowest BCUT2D eigenvalue weighted by Gasteiger charge is -2.16. The monoisotopic (exact) mass is 655 g/mol. The summed E-state index contributed by atoms with van der Waals surface area (Å²) in [6.07, 6.45) is 3.97. The Kier molecular flexibility index (Phi) is 9.31. The number of phenols is 1. The molecule has 2 heterocycles. The quantitative estimate of drug-likeness (QED) is 0.0872. The van der Waals surface area contributed by atoms with E-state index in [4.69, 9.17) is 4.74 Å². The zero-order valence-electron chi connectivity index (χ0n) is 20.4. The van der Waals surface area contributed by atoms with Crippen LogP contribution in [0.25, 0.3) is 0 Å². The first-order valence-electron chi connectivity index (χ1n) is 11.9. The molecule has 3 atom stereocenters. The Morgan fingerprint density at radius 1 is 1.29 bits per heavy atom. The number of ether oxygens (including phenoxy) is 1. The molecule has 0 radical (unpaired) electrons. The van der Waals surface area contributed by atoms with Gasteiger partial charge in [-0.1, -0.05) is 6.42 Å². The van der Waals surface area contributed by atoms with E-state index in [1.165, 1.54) is 25.5 Å². The Balaban J connectivity index is 1.22. The van der Waals surface area contributed by atoms with Crippen LogP contribution in [-0.4, -0.2) is 59.4 Å². The van der Waals surface area contributed by atoms with Crippen LogP contribution in [0.2, 0.25) is 0 Å². The predicted octanol–water partition coefficient (Wildman–Crippen LogP) is 3.57. The molecule has 0 spiro atoms. The van der Waals surface area contributed by atoms with Gasteiger partial charge in [-0.2, -0.15) is 16.9 Å². The summed E-state index contributed by atoms with van der Waals surface area (Å²) >= 11 is 3.77. The Hall–Kier alpha value is -3.07. The summed E-state index contributed by atoms with van der Waals surface area (Å²) < 4.78 is 20.2. The van der Waals surface area contributed by atoms with E-state index in [1.54, 1.807) is 12.1 Å². The van der Waals surface area contributed by atoms with Gasteiger partial charge >= 0.3 is 6.03 Å². The maximum Gasteiger partial charge on any atom is 0.315 e. The highest BCUT2D eigenvalue weighted by molar-refractivity contribution is 14.1. The van der Waals surface area contributed by atoms with Crippen LogP contribution >= 0.6 is 34.4 Å². The molecular formula is C25H27FIN5O5S. The summed E-state index contributed by atoms with van der Waals surface area (Å²) in [5.41, 5.74) is 2.94. The molecule has 38 heavy (non-hydrogen) atoms. The van der Waals surface area contributed by atoms with Crippen molar-refractivity contribution in [2.75, 3.05) is 18.2 Å². The Labute approximate surface area is 236 Å². The van der Waals surface area contributed by atoms with Crippen molar-refractivity contribution < 1.29 is 28.6 Å². The number of hydrogen-bond acceptors (Lipinski definition) is 7. The van der Waals surface area contributed by atoms with E-state index in [-0.39, 0.29) is 53.2 Å². The fourth-order valence-electron chi connectivity index (χ4n) is 4.30. The minimum Gasteiger partial charge on any atom is -0.504 e. The number of amides is 4. The van der Waals surface area contributed by atoms with Crippen LogP contribution in [0.5, 0.6) is 11.5 Å².